The second-order valence-corrected chi connectivity index (χ2v) is 5.47. The first-order valence-electron chi connectivity index (χ1n) is 6.11. The molecule has 1 amide bonds. The van der Waals surface area contributed by atoms with Gasteiger partial charge in [0, 0.05) is 13.5 Å². The van der Waals surface area contributed by atoms with Crippen molar-refractivity contribution in [3.8, 4) is 0 Å². The van der Waals surface area contributed by atoms with E-state index in [0.29, 0.717) is 10.6 Å². The molecule has 0 fully saturated rings. The van der Waals surface area contributed by atoms with Gasteiger partial charge in [-0.1, -0.05) is 12.1 Å². The van der Waals surface area contributed by atoms with Gasteiger partial charge in [0.15, 0.2) is 5.78 Å². The molecule has 1 aromatic heterocycles. The number of nitrogen functional groups attached to an aromatic ring is 1. The van der Waals surface area contributed by atoms with Crippen LogP contribution in [-0.4, -0.2) is 11.7 Å². The van der Waals surface area contributed by atoms with Crippen molar-refractivity contribution in [1.29, 1.82) is 0 Å². The van der Waals surface area contributed by atoms with Gasteiger partial charge in [0.1, 0.15) is 10.8 Å². The predicted octanol–water partition coefficient (Wildman–Crippen LogP) is 2.38. The Balaban J connectivity index is 2.29. The smallest absolute Gasteiger partial charge is 0.253 e. The van der Waals surface area contributed by atoms with Crippen LogP contribution in [0.5, 0.6) is 0 Å². The van der Waals surface area contributed by atoms with Gasteiger partial charge in [0.2, 0.25) is 0 Å². The molecule has 0 bridgehead atoms. The summed E-state index contributed by atoms with van der Waals surface area (Å²) in [5, 5.41) is 3.38. The molecule has 5 N–H and O–H groups in total. The summed E-state index contributed by atoms with van der Waals surface area (Å²) in [6, 6.07) is 6.04. The van der Waals surface area contributed by atoms with Crippen molar-refractivity contribution in [3.05, 3.63) is 46.1 Å². The fraction of sp³-hybridized carbons (Fsp3) is 0.143. The summed E-state index contributed by atoms with van der Waals surface area (Å²) in [5.74, 6) is -1.30. The summed E-state index contributed by atoms with van der Waals surface area (Å²) in [6.45, 7) is 1.65. The van der Waals surface area contributed by atoms with Crippen molar-refractivity contribution in [2.75, 3.05) is 11.1 Å². The Bertz CT molecular complexity index is 712. The van der Waals surface area contributed by atoms with Crippen LogP contribution >= 0.6 is 11.3 Å². The summed E-state index contributed by atoms with van der Waals surface area (Å²) < 4.78 is 13.1. The summed E-state index contributed by atoms with van der Waals surface area (Å²) in [4.78, 5) is 23.2. The first kappa shape index (κ1) is 15.0. The van der Waals surface area contributed by atoms with Crippen LogP contribution in [0.4, 0.5) is 15.1 Å². The Morgan fingerprint density at radius 1 is 1.38 bits per heavy atom. The van der Waals surface area contributed by atoms with E-state index in [4.69, 9.17) is 11.5 Å². The number of Topliss-reactive ketones (excluding diaryl/α,β-unsaturated/α-hetero) is 1. The molecule has 0 saturated carbocycles. The molecule has 1 aromatic carbocycles. The lowest BCUT2D eigenvalue weighted by Gasteiger charge is -2.06. The maximum absolute atomic E-state index is 13.1. The molecule has 2 aromatic rings. The van der Waals surface area contributed by atoms with Crippen LogP contribution < -0.4 is 16.8 Å². The zero-order valence-electron chi connectivity index (χ0n) is 11.3. The maximum Gasteiger partial charge on any atom is 0.253 e. The number of hydrogen-bond donors (Lipinski definition) is 3. The highest BCUT2D eigenvalue weighted by atomic mass is 32.1. The lowest BCUT2D eigenvalue weighted by atomic mass is 10.2. The van der Waals surface area contributed by atoms with E-state index in [0.717, 1.165) is 11.3 Å². The molecule has 0 spiro atoms. The highest BCUT2D eigenvalue weighted by Gasteiger charge is 2.22. The quantitative estimate of drug-likeness (QED) is 0.739. The van der Waals surface area contributed by atoms with Gasteiger partial charge in [0.25, 0.3) is 5.91 Å². The predicted molar refractivity (Wildman–Crippen MR) is 81.0 cm³/mol. The second-order valence-electron chi connectivity index (χ2n) is 4.45. The number of primary amides is 1. The molecular formula is C14H14FN3O2S. The van der Waals surface area contributed by atoms with Gasteiger partial charge in [0.05, 0.1) is 16.1 Å². The Morgan fingerprint density at radius 3 is 2.67 bits per heavy atom. The molecule has 0 radical (unpaired) electrons. The molecule has 0 saturated heterocycles. The van der Waals surface area contributed by atoms with Crippen LogP contribution in [0, 0.1) is 5.82 Å². The van der Waals surface area contributed by atoms with Crippen molar-refractivity contribution in [2.45, 2.75) is 13.5 Å². The lowest BCUT2D eigenvalue weighted by molar-refractivity contribution is 0.100. The van der Waals surface area contributed by atoms with E-state index < -0.39 is 5.91 Å². The van der Waals surface area contributed by atoms with Crippen molar-refractivity contribution >= 4 is 33.7 Å². The minimum absolute atomic E-state index is 0.0849. The summed E-state index contributed by atoms with van der Waals surface area (Å²) in [5.41, 5.74) is 12.0. The Hall–Kier alpha value is -2.41. The highest BCUT2D eigenvalue weighted by molar-refractivity contribution is 7.19. The third-order valence-corrected chi connectivity index (χ3v) is 4.12. The number of halogens is 1. The number of hydrogen-bond acceptors (Lipinski definition) is 5. The molecule has 0 unspecified atom stereocenters. The Morgan fingerprint density at radius 2 is 2.10 bits per heavy atom. The van der Waals surface area contributed by atoms with Gasteiger partial charge in [-0.2, -0.15) is 0 Å². The number of thiophene rings is 1. The van der Waals surface area contributed by atoms with Gasteiger partial charge < -0.3 is 16.8 Å². The monoisotopic (exact) mass is 307 g/mol. The van der Waals surface area contributed by atoms with E-state index in [1.54, 1.807) is 12.1 Å². The van der Waals surface area contributed by atoms with E-state index in [1.807, 2.05) is 0 Å². The number of carbonyl (C=O) groups is 2. The topological polar surface area (TPSA) is 98.2 Å². The molecule has 0 aliphatic rings. The molecule has 21 heavy (non-hydrogen) atoms. The van der Waals surface area contributed by atoms with Crippen LogP contribution in [0.25, 0.3) is 0 Å². The van der Waals surface area contributed by atoms with E-state index in [-0.39, 0.29) is 34.3 Å². The fourth-order valence-electron chi connectivity index (χ4n) is 1.90. The van der Waals surface area contributed by atoms with E-state index >= 15 is 0 Å². The van der Waals surface area contributed by atoms with E-state index in [9.17, 15) is 14.0 Å². The van der Waals surface area contributed by atoms with E-state index in [2.05, 4.69) is 5.32 Å². The van der Waals surface area contributed by atoms with Crippen LogP contribution in [0.2, 0.25) is 0 Å². The fourth-order valence-corrected chi connectivity index (χ4v) is 2.92. The SMILES string of the molecule is CC(=O)c1sc(NCc2cccc(F)c2)c(C(N)=O)c1N. The Kier molecular flexibility index (Phi) is 4.23. The van der Waals surface area contributed by atoms with Gasteiger partial charge in [-0.05, 0) is 17.7 Å². The molecule has 0 aliphatic heterocycles. The number of nitrogens with two attached hydrogens (primary N) is 2. The molecule has 2 rings (SSSR count). The maximum atomic E-state index is 13.1. The molecule has 5 nitrogen and oxygen atoms in total. The first-order valence-corrected chi connectivity index (χ1v) is 6.93. The summed E-state index contributed by atoms with van der Waals surface area (Å²) in [7, 11) is 0. The number of anilines is 2. The van der Waals surface area contributed by atoms with Crippen LogP contribution in [-0.2, 0) is 6.54 Å². The Labute approximate surface area is 124 Å². The largest absolute Gasteiger partial charge is 0.397 e. The van der Waals surface area contributed by atoms with Gasteiger partial charge >= 0.3 is 0 Å². The number of carbonyl (C=O) groups excluding carboxylic acids is 2. The molecule has 0 aliphatic carbocycles. The van der Waals surface area contributed by atoms with Crippen LogP contribution in [0.15, 0.2) is 24.3 Å². The van der Waals surface area contributed by atoms with Crippen LogP contribution in [0.3, 0.4) is 0 Å². The van der Waals surface area contributed by atoms with Gasteiger partial charge in [-0.3, -0.25) is 9.59 Å². The lowest BCUT2D eigenvalue weighted by Crippen LogP contribution is -2.15. The minimum atomic E-state index is -0.710. The number of ketones is 1. The number of amides is 1. The van der Waals surface area contributed by atoms with Crippen molar-refractivity contribution in [2.24, 2.45) is 5.73 Å². The van der Waals surface area contributed by atoms with Crippen molar-refractivity contribution in [3.63, 3.8) is 0 Å². The van der Waals surface area contributed by atoms with Crippen molar-refractivity contribution in [1.82, 2.24) is 0 Å². The summed E-state index contributed by atoms with van der Waals surface area (Å²) >= 11 is 1.07. The zero-order chi connectivity index (χ0) is 15.6. The first-order chi connectivity index (χ1) is 9.90. The molecule has 7 heteroatoms. The van der Waals surface area contributed by atoms with Gasteiger partial charge in [-0.25, -0.2) is 4.39 Å². The van der Waals surface area contributed by atoms with Gasteiger partial charge in [-0.15, -0.1) is 11.3 Å². The minimum Gasteiger partial charge on any atom is -0.397 e. The normalized spacial score (nSPS) is 10.4. The second kappa shape index (κ2) is 5.92. The third-order valence-electron chi connectivity index (χ3n) is 2.85. The molecular weight excluding hydrogens is 293 g/mol. The average molecular weight is 307 g/mol. The van der Waals surface area contributed by atoms with Crippen molar-refractivity contribution < 1.29 is 14.0 Å². The van der Waals surface area contributed by atoms with Crippen LogP contribution in [0.1, 0.15) is 32.5 Å². The standard InChI is InChI=1S/C14H14FN3O2S/c1-7(19)12-11(16)10(13(17)20)14(21-12)18-6-8-3-2-4-9(15)5-8/h2-5,18H,6,16H2,1H3,(H2,17,20). The van der Waals surface area contributed by atoms with E-state index in [1.165, 1.54) is 19.1 Å². The third kappa shape index (κ3) is 3.19. The summed E-state index contributed by atoms with van der Waals surface area (Å²) in [6.07, 6.45) is 0. The molecule has 110 valence electrons. The zero-order valence-corrected chi connectivity index (χ0v) is 12.1. The highest BCUT2D eigenvalue weighted by Crippen LogP contribution is 2.36. The number of benzene rings is 1. The number of rotatable bonds is 5. The molecule has 0 atom stereocenters. The average Bonchev–Trinajstić information content (AvgIpc) is 2.73. The number of nitrogens with one attached hydrogen (secondary N) is 1. The molecule has 1 heterocycles.